The van der Waals surface area contributed by atoms with Gasteiger partial charge in [-0.25, -0.2) is 0 Å². The average Bonchev–Trinajstić information content (AvgIpc) is 2.04. The molecular formula is C9H12. The van der Waals surface area contributed by atoms with Crippen LogP contribution in [0.3, 0.4) is 0 Å². The number of hydrogen-bond donors (Lipinski definition) is 0. The van der Waals surface area contributed by atoms with Crippen LogP contribution in [0, 0.1) is 11.8 Å². The van der Waals surface area contributed by atoms with Gasteiger partial charge in [0.2, 0.25) is 0 Å². The Morgan fingerprint density at radius 2 is 2.22 bits per heavy atom. The number of rotatable bonds is 0. The Bertz CT molecular complexity index is 188. The van der Waals surface area contributed by atoms with Crippen molar-refractivity contribution in [1.29, 1.82) is 0 Å². The van der Waals surface area contributed by atoms with Crippen molar-refractivity contribution >= 4 is 0 Å². The van der Waals surface area contributed by atoms with Crippen molar-refractivity contribution in [2.45, 2.75) is 32.1 Å². The first-order valence-corrected chi connectivity index (χ1v) is 4.14. The van der Waals surface area contributed by atoms with E-state index in [2.05, 4.69) is 0 Å². The average molecular weight is 120 g/mol. The second-order valence-electron chi connectivity index (χ2n) is 3.87. The number of hydrogen-bond acceptors (Lipinski definition) is 0. The zero-order valence-electron chi connectivity index (χ0n) is 5.69. The predicted molar refractivity (Wildman–Crippen MR) is 37.1 cm³/mol. The molecule has 1 saturated carbocycles. The van der Waals surface area contributed by atoms with Crippen molar-refractivity contribution < 1.29 is 0 Å². The zero-order chi connectivity index (χ0) is 5.84. The van der Waals surface area contributed by atoms with Gasteiger partial charge in [-0.1, -0.05) is 11.1 Å². The fourth-order valence-electron chi connectivity index (χ4n) is 2.90. The van der Waals surface area contributed by atoms with Crippen LogP contribution in [0.15, 0.2) is 11.1 Å². The van der Waals surface area contributed by atoms with Gasteiger partial charge in [-0.3, -0.25) is 0 Å². The largest absolute Gasteiger partial charge is 0.0701 e. The van der Waals surface area contributed by atoms with E-state index in [9.17, 15) is 0 Å². The Morgan fingerprint density at radius 3 is 3.11 bits per heavy atom. The van der Waals surface area contributed by atoms with Crippen LogP contribution in [0.5, 0.6) is 0 Å². The molecule has 0 aliphatic heterocycles. The van der Waals surface area contributed by atoms with E-state index in [1.807, 2.05) is 11.1 Å². The first kappa shape index (κ1) is 4.54. The minimum Gasteiger partial charge on any atom is -0.0701 e. The summed E-state index contributed by atoms with van der Waals surface area (Å²) in [5.74, 6) is 2.21. The third-order valence-electron chi connectivity index (χ3n) is 3.42. The first-order valence-electron chi connectivity index (χ1n) is 4.14. The molecule has 0 amide bonds. The number of allylic oxidation sites excluding steroid dienone is 2. The van der Waals surface area contributed by atoms with Crippen molar-refractivity contribution in [2.24, 2.45) is 11.8 Å². The summed E-state index contributed by atoms with van der Waals surface area (Å²) >= 11 is 0. The fraction of sp³-hybridized carbons (Fsp3) is 0.778. The molecule has 0 aromatic heterocycles. The molecule has 1 unspecified atom stereocenters. The van der Waals surface area contributed by atoms with Crippen LogP contribution in [-0.2, 0) is 0 Å². The second-order valence-corrected chi connectivity index (χ2v) is 3.87. The normalized spacial score (nSPS) is 45.3. The van der Waals surface area contributed by atoms with Gasteiger partial charge in [0, 0.05) is 0 Å². The van der Waals surface area contributed by atoms with Gasteiger partial charge in [0.15, 0.2) is 0 Å². The van der Waals surface area contributed by atoms with E-state index in [0.717, 1.165) is 11.8 Å². The third-order valence-corrected chi connectivity index (χ3v) is 3.42. The quantitative estimate of drug-likeness (QED) is 0.431. The van der Waals surface area contributed by atoms with Crippen molar-refractivity contribution in [3.8, 4) is 0 Å². The van der Waals surface area contributed by atoms with Gasteiger partial charge < -0.3 is 0 Å². The maximum absolute atomic E-state index is 1.89. The second kappa shape index (κ2) is 1.25. The molecule has 0 saturated heterocycles. The molecule has 0 aromatic rings. The lowest BCUT2D eigenvalue weighted by molar-refractivity contribution is 0.501. The summed E-state index contributed by atoms with van der Waals surface area (Å²) in [5.41, 5.74) is 3.75. The highest BCUT2D eigenvalue weighted by Gasteiger charge is 2.41. The molecule has 3 rings (SSSR count). The molecule has 0 aromatic carbocycles. The van der Waals surface area contributed by atoms with Crippen molar-refractivity contribution in [3.63, 3.8) is 0 Å². The van der Waals surface area contributed by atoms with Gasteiger partial charge in [0.25, 0.3) is 0 Å². The van der Waals surface area contributed by atoms with Crippen molar-refractivity contribution in [2.75, 3.05) is 0 Å². The molecular weight excluding hydrogens is 108 g/mol. The summed E-state index contributed by atoms with van der Waals surface area (Å²) in [6, 6.07) is 0. The maximum atomic E-state index is 1.89. The summed E-state index contributed by atoms with van der Waals surface area (Å²) in [4.78, 5) is 0. The molecule has 3 aliphatic rings. The van der Waals surface area contributed by atoms with E-state index in [-0.39, 0.29) is 0 Å². The Hall–Kier alpha value is -0.260. The van der Waals surface area contributed by atoms with E-state index >= 15 is 0 Å². The molecule has 48 valence electrons. The predicted octanol–water partition coefficient (Wildman–Crippen LogP) is 2.51. The first-order chi connectivity index (χ1) is 4.43. The summed E-state index contributed by atoms with van der Waals surface area (Å²) in [6.07, 6.45) is 7.54. The molecule has 0 nitrogen and oxygen atoms in total. The lowest BCUT2D eigenvalue weighted by Crippen LogP contribution is -2.13. The van der Waals surface area contributed by atoms with Gasteiger partial charge in [0.1, 0.15) is 0 Å². The highest BCUT2D eigenvalue weighted by molar-refractivity contribution is 5.34. The monoisotopic (exact) mass is 120 g/mol. The SMILES string of the molecule is C1C[C@H]2CC3=C1CC3C2. The van der Waals surface area contributed by atoms with Gasteiger partial charge in [-0.05, 0) is 43.9 Å². The van der Waals surface area contributed by atoms with Crippen molar-refractivity contribution in [1.82, 2.24) is 0 Å². The molecule has 0 heterocycles. The minimum absolute atomic E-state index is 1.09. The Labute approximate surface area is 56.0 Å². The number of fused-ring (bicyclic) bond motifs is 1. The lowest BCUT2D eigenvalue weighted by atomic mass is 9.77. The highest BCUT2D eigenvalue weighted by atomic mass is 14.5. The molecule has 0 radical (unpaired) electrons. The van der Waals surface area contributed by atoms with Gasteiger partial charge >= 0.3 is 0 Å². The molecule has 2 bridgehead atoms. The van der Waals surface area contributed by atoms with Crippen LogP contribution < -0.4 is 0 Å². The molecule has 0 N–H and O–H groups in total. The van der Waals surface area contributed by atoms with Crippen LogP contribution in [0.25, 0.3) is 0 Å². The van der Waals surface area contributed by atoms with Crippen LogP contribution in [0.2, 0.25) is 0 Å². The molecule has 9 heavy (non-hydrogen) atoms. The Kier molecular flexibility index (Phi) is 0.633. The minimum atomic E-state index is 1.09. The van der Waals surface area contributed by atoms with Gasteiger partial charge in [-0.2, -0.15) is 0 Å². The third kappa shape index (κ3) is 0.417. The smallest absolute Gasteiger partial charge is 0.0160 e. The van der Waals surface area contributed by atoms with E-state index in [4.69, 9.17) is 0 Å². The lowest BCUT2D eigenvalue weighted by Gasteiger charge is -2.28. The summed E-state index contributed by atoms with van der Waals surface area (Å²) in [6.45, 7) is 0. The zero-order valence-corrected chi connectivity index (χ0v) is 5.69. The molecule has 3 aliphatic carbocycles. The molecule has 1 fully saturated rings. The van der Waals surface area contributed by atoms with Gasteiger partial charge in [0.05, 0.1) is 0 Å². The van der Waals surface area contributed by atoms with Crippen LogP contribution in [0.1, 0.15) is 32.1 Å². The molecule has 0 spiro atoms. The van der Waals surface area contributed by atoms with Crippen LogP contribution in [0.4, 0.5) is 0 Å². The summed E-state index contributed by atoms with van der Waals surface area (Å²) in [7, 11) is 0. The maximum Gasteiger partial charge on any atom is -0.0160 e. The Morgan fingerprint density at radius 1 is 1.22 bits per heavy atom. The summed E-state index contributed by atoms with van der Waals surface area (Å²) in [5, 5.41) is 0. The van der Waals surface area contributed by atoms with Crippen molar-refractivity contribution in [3.05, 3.63) is 11.1 Å². The molecule has 2 atom stereocenters. The van der Waals surface area contributed by atoms with Gasteiger partial charge in [-0.15, -0.1) is 0 Å². The van der Waals surface area contributed by atoms with E-state index in [1.165, 1.54) is 25.7 Å². The fourth-order valence-corrected chi connectivity index (χ4v) is 2.90. The van der Waals surface area contributed by atoms with E-state index < -0.39 is 0 Å². The Balaban J connectivity index is 2.13. The standard InChI is InChI=1S/C9H12/c1-2-7-5-8-3-6(1)4-9(7)8/h6,8H,1-5H2/t6-,8?/m1/s1. The molecule has 0 heteroatoms. The van der Waals surface area contributed by atoms with E-state index in [1.54, 1.807) is 6.42 Å². The van der Waals surface area contributed by atoms with E-state index in [0.29, 0.717) is 0 Å². The van der Waals surface area contributed by atoms with Crippen LogP contribution >= 0.6 is 0 Å². The van der Waals surface area contributed by atoms with Crippen LogP contribution in [-0.4, -0.2) is 0 Å². The topological polar surface area (TPSA) is 0 Å². The highest BCUT2D eigenvalue weighted by Crippen LogP contribution is 2.55. The summed E-state index contributed by atoms with van der Waals surface area (Å²) < 4.78 is 0.